The summed E-state index contributed by atoms with van der Waals surface area (Å²) >= 11 is 0. The van der Waals surface area contributed by atoms with Crippen molar-refractivity contribution < 1.29 is 4.79 Å². The van der Waals surface area contributed by atoms with Crippen LogP contribution in [0.25, 0.3) is 27.7 Å². The molecule has 1 amide bonds. The number of benzene rings is 1. The highest BCUT2D eigenvalue weighted by atomic mass is 16.2. The van der Waals surface area contributed by atoms with Gasteiger partial charge in [-0.3, -0.25) is 9.78 Å². The van der Waals surface area contributed by atoms with E-state index in [-0.39, 0.29) is 17.8 Å². The molecule has 1 aromatic carbocycles. The Balaban J connectivity index is 1.47. The number of fused-ring (bicyclic) bond motifs is 3. The van der Waals surface area contributed by atoms with E-state index >= 15 is 0 Å². The number of likely N-dealkylation sites (tertiary alicyclic amines) is 1. The Hall–Kier alpha value is -4.19. The van der Waals surface area contributed by atoms with Gasteiger partial charge in [0.1, 0.15) is 17.5 Å². The molecule has 0 aliphatic carbocycles. The van der Waals surface area contributed by atoms with Crippen molar-refractivity contribution in [3.05, 3.63) is 48.3 Å². The van der Waals surface area contributed by atoms with Gasteiger partial charge >= 0.3 is 0 Å². The zero-order valence-electron chi connectivity index (χ0n) is 18.1. The summed E-state index contributed by atoms with van der Waals surface area (Å²) in [5, 5.41) is 15.3. The number of nitrogens with two attached hydrogens (primary N) is 1. The third-order valence-corrected chi connectivity index (χ3v) is 7.03. The van der Waals surface area contributed by atoms with E-state index in [9.17, 15) is 10.1 Å². The molecule has 2 fully saturated rings. The van der Waals surface area contributed by atoms with E-state index in [0.717, 1.165) is 35.0 Å². The van der Waals surface area contributed by atoms with Gasteiger partial charge in [-0.25, -0.2) is 4.98 Å². The van der Waals surface area contributed by atoms with Crippen LogP contribution in [0.5, 0.6) is 0 Å². The first kappa shape index (κ1) is 19.5. The smallest absolute Gasteiger partial charge is 0.222 e. The van der Waals surface area contributed by atoms with Crippen LogP contribution in [0.2, 0.25) is 0 Å². The molecule has 9 nitrogen and oxygen atoms in total. The predicted molar refractivity (Wildman–Crippen MR) is 124 cm³/mol. The fourth-order valence-corrected chi connectivity index (χ4v) is 5.16. The number of nitrogens with zero attached hydrogens (tertiary/aromatic N) is 7. The number of pyridine rings is 1. The van der Waals surface area contributed by atoms with E-state index < -0.39 is 0 Å². The second-order valence-corrected chi connectivity index (χ2v) is 8.79. The van der Waals surface area contributed by atoms with Gasteiger partial charge in [-0.2, -0.15) is 14.9 Å². The number of hydrogen-bond acceptors (Lipinski definition) is 7. The highest BCUT2D eigenvalue weighted by Crippen LogP contribution is 2.36. The first-order chi connectivity index (χ1) is 16.0. The van der Waals surface area contributed by atoms with Crippen molar-refractivity contribution >= 4 is 34.1 Å². The van der Waals surface area contributed by atoms with Crippen molar-refractivity contribution in [2.24, 2.45) is 5.92 Å². The topological polar surface area (TPSA) is 116 Å². The minimum absolute atomic E-state index is 0.117. The molecule has 0 spiro atoms. The zero-order valence-corrected chi connectivity index (χ0v) is 18.1. The molecule has 9 heteroatoms. The van der Waals surface area contributed by atoms with Crippen molar-refractivity contribution in [2.45, 2.75) is 18.9 Å². The van der Waals surface area contributed by atoms with Gasteiger partial charge in [-0.15, -0.1) is 0 Å². The maximum atomic E-state index is 12.2. The fraction of sp³-hybridized carbons (Fsp3) is 0.292. The minimum atomic E-state index is 0.117. The normalized spacial score (nSPS) is 20.4. The van der Waals surface area contributed by atoms with E-state index in [1.165, 1.54) is 4.52 Å². The number of rotatable bonds is 2. The van der Waals surface area contributed by atoms with Crippen molar-refractivity contribution in [1.82, 2.24) is 24.5 Å². The van der Waals surface area contributed by atoms with Crippen LogP contribution in [0, 0.1) is 17.2 Å². The Bertz CT molecular complexity index is 1470. The number of carbonyl (C=O) groups excluding carboxylic acids is 1. The Morgan fingerprint density at radius 2 is 2.09 bits per heavy atom. The maximum absolute atomic E-state index is 12.2. The van der Waals surface area contributed by atoms with E-state index in [4.69, 9.17) is 10.7 Å². The number of aromatic nitrogens is 4. The largest absolute Gasteiger partial charge is 0.382 e. The number of hydrogen-bond donors (Lipinski definition) is 1. The molecule has 4 aromatic rings. The van der Waals surface area contributed by atoms with Crippen LogP contribution in [0.15, 0.2) is 42.7 Å². The van der Waals surface area contributed by atoms with Gasteiger partial charge in [0.05, 0.1) is 17.8 Å². The van der Waals surface area contributed by atoms with Gasteiger partial charge in [-0.1, -0.05) is 18.2 Å². The number of para-hydroxylation sites is 1. The van der Waals surface area contributed by atoms with Gasteiger partial charge in [-0.05, 0) is 24.5 Å². The Kier molecular flexibility index (Phi) is 4.23. The number of amides is 1. The standard InChI is InChI=1S/C24H22N8O/c1-30-20-13-31(7-6-15(20)9-21(30)33)23-17(10-25)22(26)32-24(29-23)18(12-28-32)16-8-14-4-2-3-5-19(14)27-11-16/h2-5,8,11-12,15,20H,6-7,9,13,26H2,1H3. The summed E-state index contributed by atoms with van der Waals surface area (Å²) in [5.41, 5.74) is 9.88. The highest BCUT2D eigenvalue weighted by molar-refractivity contribution is 5.88. The van der Waals surface area contributed by atoms with Crippen LogP contribution in [-0.4, -0.2) is 56.6 Å². The molecule has 2 aliphatic rings. The highest BCUT2D eigenvalue weighted by Gasteiger charge is 2.42. The van der Waals surface area contributed by atoms with Crippen LogP contribution in [0.3, 0.4) is 0 Å². The number of piperidine rings is 1. The molecule has 2 aliphatic heterocycles. The monoisotopic (exact) mass is 438 g/mol. The van der Waals surface area contributed by atoms with Gasteiger partial charge in [0.15, 0.2) is 11.5 Å². The summed E-state index contributed by atoms with van der Waals surface area (Å²) in [5.74, 6) is 1.33. The average molecular weight is 438 g/mol. The number of likely N-dealkylation sites (N-methyl/N-ethyl adjacent to an activating group) is 1. The van der Waals surface area contributed by atoms with Crippen LogP contribution >= 0.6 is 0 Å². The molecule has 6 rings (SSSR count). The van der Waals surface area contributed by atoms with Gasteiger partial charge in [0, 0.05) is 49.3 Å². The molecule has 2 unspecified atom stereocenters. The lowest BCUT2D eigenvalue weighted by atomic mass is 9.92. The molecule has 164 valence electrons. The fourth-order valence-electron chi connectivity index (χ4n) is 5.16. The molecular weight excluding hydrogens is 416 g/mol. The Morgan fingerprint density at radius 3 is 2.94 bits per heavy atom. The van der Waals surface area contributed by atoms with Crippen LogP contribution < -0.4 is 10.6 Å². The van der Waals surface area contributed by atoms with E-state index in [0.29, 0.717) is 35.9 Å². The van der Waals surface area contributed by atoms with Crippen LogP contribution in [0.4, 0.5) is 11.6 Å². The summed E-state index contributed by atoms with van der Waals surface area (Å²) in [6.07, 6.45) is 4.99. The van der Waals surface area contributed by atoms with Crippen LogP contribution in [-0.2, 0) is 4.79 Å². The van der Waals surface area contributed by atoms with Crippen molar-refractivity contribution in [3.8, 4) is 17.2 Å². The first-order valence-corrected chi connectivity index (χ1v) is 11.0. The van der Waals surface area contributed by atoms with Gasteiger partial charge < -0.3 is 15.5 Å². The molecule has 2 atom stereocenters. The molecular formula is C24H22N8O. The Morgan fingerprint density at radius 1 is 1.24 bits per heavy atom. The molecule has 2 N–H and O–H groups in total. The SMILES string of the molecule is CN1C(=O)CC2CCN(c3nc4c(-c5cnc6ccccc6c5)cnn4c(N)c3C#N)CC21. The van der Waals surface area contributed by atoms with Gasteiger partial charge in [0.2, 0.25) is 5.91 Å². The lowest BCUT2D eigenvalue weighted by molar-refractivity contribution is -0.127. The molecule has 0 bridgehead atoms. The zero-order chi connectivity index (χ0) is 22.7. The summed E-state index contributed by atoms with van der Waals surface area (Å²) in [6.45, 7) is 1.35. The summed E-state index contributed by atoms with van der Waals surface area (Å²) in [7, 11) is 1.86. The number of nitrogen functional groups attached to an aromatic ring is 1. The molecule has 5 heterocycles. The van der Waals surface area contributed by atoms with E-state index in [1.54, 1.807) is 12.4 Å². The van der Waals surface area contributed by atoms with Crippen LogP contribution in [0.1, 0.15) is 18.4 Å². The van der Waals surface area contributed by atoms with Crippen molar-refractivity contribution in [2.75, 3.05) is 30.8 Å². The second kappa shape index (κ2) is 7.17. The summed E-state index contributed by atoms with van der Waals surface area (Å²) in [6, 6.07) is 12.3. The molecule has 33 heavy (non-hydrogen) atoms. The van der Waals surface area contributed by atoms with E-state index in [1.807, 2.05) is 36.2 Å². The molecule has 3 aromatic heterocycles. The molecule has 0 radical (unpaired) electrons. The van der Waals surface area contributed by atoms with E-state index in [2.05, 4.69) is 27.1 Å². The number of carbonyl (C=O) groups is 1. The maximum Gasteiger partial charge on any atom is 0.222 e. The summed E-state index contributed by atoms with van der Waals surface area (Å²) < 4.78 is 1.52. The molecule has 0 saturated carbocycles. The number of anilines is 2. The third-order valence-electron chi connectivity index (χ3n) is 7.03. The average Bonchev–Trinajstić information content (AvgIpc) is 3.39. The quantitative estimate of drug-likeness (QED) is 0.511. The summed E-state index contributed by atoms with van der Waals surface area (Å²) in [4.78, 5) is 25.6. The number of nitriles is 1. The first-order valence-electron chi connectivity index (χ1n) is 11.0. The predicted octanol–water partition coefficient (Wildman–Crippen LogP) is 2.46. The molecule has 2 saturated heterocycles. The lowest BCUT2D eigenvalue weighted by Crippen LogP contribution is -2.48. The third kappa shape index (κ3) is 2.91. The Labute approximate surface area is 190 Å². The lowest BCUT2D eigenvalue weighted by Gasteiger charge is -2.38. The van der Waals surface area contributed by atoms with Crippen molar-refractivity contribution in [1.29, 1.82) is 5.26 Å². The second-order valence-electron chi connectivity index (χ2n) is 8.79. The minimum Gasteiger partial charge on any atom is -0.382 e. The van der Waals surface area contributed by atoms with Gasteiger partial charge in [0.25, 0.3) is 0 Å². The van der Waals surface area contributed by atoms with Crippen molar-refractivity contribution in [3.63, 3.8) is 0 Å².